The topological polar surface area (TPSA) is 77.1 Å². The van der Waals surface area contributed by atoms with Crippen molar-refractivity contribution in [1.82, 2.24) is 10.4 Å². The van der Waals surface area contributed by atoms with Gasteiger partial charge in [-0.2, -0.15) is 4.39 Å². The van der Waals surface area contributed by atoms with Crippen molar-refractivity contribution in [3.63, 3.8) is 0 Å². The largest absolute Gasteiger partial charge is 0.497 e. The predicted octanol–water partition coefficient (Wildman–Crippen LogP) is 4.78. The molecule has 0 atom stereocenters. The second kappa shape index (κ2) is 10.6. The molecule has 1 N–H and O–H groups in total. The van der Waals surface area contributed by atoms with Crippen LogP contribution in [-0.4, -0.2) is 44.7 Å². The number of rotatable bonds is 9. The molecule has 3 aliphatic carbocycles. The van der Waals surface area contributed by atoms with Gasteiger partial charge in [0.05, 0.1) is 25.2 Å². The number of benzene rings is 2. The van der Waals surface area contributed by atoms with Crippen molar-refractivity contribution in [2.45, 2.75) is 45.1 Å². The van der Waals surface area contributed by atoms with Crippen LogP contribution in [0.25, 0.3) is 0 Å². The van der Waals surface area contributed by atoms with Crippen molar-refractivity contribution in [3.8, 4) is 11.5 Å². The number of fused-ring (bicyclic) bond motifs is 3. The number of carbonyl (C=O) groups excluding carboxylic acids is 2. The number of hydroxylamine groups is 2. The third-order valence-electron chi connectivity index (χ3n) is 7.94. The number of carbonyl (C=O) groups is 2. The molecule has 37 heavy (non-hydrogen) atoms. The number of methoxy groups -OCH3 is 1. The summed E-state index contributed by atoms with van der Waals surface area (Å²) in [5, 5.41) is 3.92. The molecule has 0 saturated heterocycles. The van der Waals surface area contributed by atoms with Gasteiger partial charge in [-0.1, -0.05) is 12.1 Å². The number of hydrogen-bond donors (Lipinski definition) is 1. The molecular weight excluding hydrogens is 489 g/mol. The molecule has 7 nitrogen and oxygen atoms in total. The molecule has 3 aliphatic rings. The van der Waals surface area contributed by atoms with Gasteiger partial charge in [0.1, 0.15) is 12.4 Å². The molecule has 0 spiro atoms. The van der Waals surface area contributed by atoms with Gasteiger partial charge >= 0.3 is 0 Å². The standard InChI is InChI=1S/C27H31F3N2O5/c1-32(36-3)25(34)27-11-8-26(9-12-27,10-13-27)16-31-24(33)19-14-20(28)23(22(30)21(19)29)37-15-17-4-6-18(35-2)7-5-17/h4-7,14H,8-13,15-16H2,1-3H3,(H,31,33). The van der Waals surface area contributed by atoms with Crippen molar-refractivity contribution < 1.29 is 37.1 Å². The van der Waals surface area contributed by atoms with Gasteiger partial charge in [0.15, 0.2) is 17.4 Å². The van der Waals surface area contributed by atoms with Gasteiger partial charge in [0.2, 0.25) is 5.82 Å². The summed E-state index contributed by atoms with van der Waals surface area (Å²) in [6.45, 7) is 0.0319. The summed E-state index contributed by atoms with van der Waals surface area (Å²) >= 11 is 0. The molecular formula is C27H31F3N2O5. The summed E-state index contributed by atoms with van der Waals surface area (Å²) in [7, 11) is 4.55. The zero-order valence-corrected chi connectivity index (χ0v) is 21.2. The van der Waals surface area contributed by atoms with E-state index in [4.69, 9.17) is 14.3 Å². The highest BCUT2D eigenvalue weighted by Gasteiger charge is 2.53. The lowest BCUT2D eigenvalue weighted by atomic mass is 9.53. The van der Waals surface area contributed by atoms with Crippen molar-refractivity contribution in [3.05, 3.63) is 58.9 Å². The van der Waals surface area contributed by atoms with Crippen LogP contribution >= 0.6 is 0 Å². The average Bonchev–Trinajstić information content (AvgIpc) is 2.94. The summed E-state index contributed by atoms with van der Waals surface area (Å²) in [5.74, 6) is -5.42. The summed E-state index contributed by atoms with van der Waals surface area (Å²) in [6.07, 6.45) is 4.10. The number of ether oxygens (including phenoxy) is 2. The van der Waals surface area contributed by atoms with Crippen molar-refractivity contribution in [2.24, 2.45) is 10.8 Å². The molecule has 2 bridgehead atoms. The first-order valence-electron chi connectivity index (χ1n) is 12.2. The Hall–Kier alpha value is -3.27. The van der Waals surface area contributed by atoms with Crippen molar-refractivity contribution in [2.75, 3.05) is 27.8 Å². The smallest absolute Gasteiger partial charge is 0.254 e. The summed E-state index contributed by atoms with van der Waals surface area (Å²) in [5.41, 5.74) is -0.823. The molecule has 5 rings (SSSR count). The molecule has 0 aromatic heterocycles. The highest BCUT2D eigenvalue weighted by molar-refractivity contribution is 5.94. The second-order valence-electron chi connectivity index (χ2n) is 9.95. The van der Waals surface area contributed by atoms with Gasteiger partial charge in [-0.3, -0.25) is 14.4 Å². The van der Waals surface area contributed by atoms with Gasteiger partial charge in [0, 0.05) is 13.6 Å². The molecule has 0 heterocycles. The van der Waals surface area contributed by atoms with E-state index in [2.05, 4.69) is 5.32 Å². The molecule has 0 unspecified atom stereocenters. The fraction of sp³-hybridized carbons (Fsp3) is 0.481. The number of nitrogens with one attached hydrogen (secondary N) is 1. The van der Waals surface area contributed by atoms with E-state index in [0.717, 1.165) is 0 Å². The first-order chi connectivity index (χ1) is 17.6. The lowest BCUT2D eigenvalue weighted by Crippen LogP contribution is -2.53. The molecule has 200 valence electrons. The maximum Gasteiger partial charge on any atom is 0.254 e. The van der Waals surface area contributed by atoms with Crippen LogP contribution < -0.4 is 14.8 Å². The normalized spacial score (nSPS) is 22.4. The van der Waals surface area contributed by atoms with Gasteiger partial charge in [-0.05, 0) is 67.7 Å². The number of halogens is 3. The first-order valence-corrected chi connectivity index (χ1v) is 12.2. The van der Waals surface area contributed by atoms with Gasteiger partial charge in [-0.15, -0.1) is 0 Å². The monoisotopic (exact) mass is 520 g/mol. The van der Waals surface area contributed by atoms with Crippen LogP contribution in [0.1, 0.15) is 54.4 Å². The zero-order chi connectivity index (χ0) is 26.8. The molecule has 2 amide bonds. The van der Waals surface area contributed by atoms with E-state index in [1.54, 1.807) is 31.3 Å². The lowest BCUT2D eigenvalue weighted by molar-refractivity contribution is -0.188. The highest BCUT2D eigenvalue weighted by Crippen LogP contribution is 2.57. The van der Waals surface area contributed by atoms with E-state index in [0.29, 0.717) is 55.9 Å². The van der Waals surface area contributed by atoms with Crippen LogP contribution in [0, 0.1) is 28.3 Å². The summed E-state index contributed by atoms with van der Waals surface area (Å²) in [6, 6.07) is 7.28. The Morgan fingerprint density at radius 1 is 0.973 bits per heavy atom. The lowest BCUT2D eigenvalue weighted by Gasteiger charge is -2.53. The maximum atomic E-state index is 14.8. The van der Waals surface area contributed by atoms with E-state index >= 15 is 0 Å². The van der Waals surface area contributed by atoms with Crippen LogP contribution in [0.4, 0.5) is 13.2 Å². The van der Waals surface area contributed by atoms with Crippen molar-refractivity contribution >= 4 is 11.8 Å². The van der Waals surface area contributed by atoms with Crippen LogP contribution in [0.5, 0.6) is 11.5 Å². The Balaban J connectivity index is 1.39. The molecule has 0 aliphatic heterocycles. The highest BCUT2D eigenvalue weighted by atomic mass is 19.2. The molecule has 3 fully saturated rings. The van der Waals surface area contributed by atoms with Crippen LogP contribution in [0.15, 0.2) is 30.3 Å². The van der Waals surface area contributed by atoms with Gasteiger partial charge in [-0.25, -0.2) is 13.8 Å². The molecule has 2 aromatic rings. The number of nitrogens with zero attached hydrogens (tertiary/aromatic N) is 1. The second-order valence-corrected chi connectivity index (χ2v) is 9.95. The first kappa shape index (κ1) is 26.8. The average molecular weight is 521 g/mol. The Kier molecular flexibility index (Phi) is 7.68. The molecule has 0 radical (unpaired) electrons. The SMILES string of the molecule is COc1ccc(COc2c(F)cc(C(=O)NCC34CCC(C(=O)N(C)OC)(CC3)CC4)c(F)c2F)cc1. The third-order valence-corrected chi connectivity index (χ3v) is 7.94. The van der Waals surface area contributed by atoms with Gasteiger partial charge < -0.3 is 14.8 Å². The number of hydrogen-bond acceptors (Lipinski definition) is 5. The van der Waals surface area contributed by atoms with Crippen LogP contribution in [-0.2, 0) is 16.2 Å². The predicted molar refractivity (Wildman–Crippen MR) is 128 cm³/mol. The van der Waals surface area contributed by atoms with E-state index in [9.17, 15) is 22.8 Å². The Morgan fingerprint density at radius 2 is 1.59 bits per heavy atom. The molecule has 3 saturated carbocycles. The Morgan fingerprint density at radius 3 is 2.16 bits per heavy atom. The minimum absolute atomic E-state index is 0.0466. The van der Waals surface area contributed by atoms with Crippen molar-refractivity contribution in [1.29, 1.82) is 0 Å². The maximum absolute atomic E-state index is 14.8. The fourth-order valence-corrected chi connectivity index (χ4v) is 5.38. The van der Waals surface area contributed by atoms with E-state index < -0.39 is 40.1 Å². The Labute approximate surface area is 213 Å². The molecule has 10 heteroatoms. The minimum Gasteiger partial charge on any atom is -0.497 e. The number of amides is 2. The zero-order valence-electron chi connectivity index (χ0n) is 21.2. The van der Waals surface area contributed by atoms with E-state index in [1.807, 2.05) is 0 Å². The summed E-state index contributed by atoms with van der Waals surface area (Å²) in [4.78, 5) is 30.5. The van der Waals surface area contributed by atoms with Gasteiger partial charge in [0.25, 0.3) is 11.8 Å². The molecule has 2 aromatic carbocycles. The Bertz CT molecular complexity index is 1150. The minimum atomic E-state index is -1.56. The van der Waals surface area contributed by atoms with E-state index in [-0.39, 0.29) is 24.5 Å². The quantitative estimate of drug-likeness (QED) is 0.380. The fourth-order valence-electron chi connectivity index (χ4n) is 5.38. The van der Waals surface area contributed by atoms with Crippen LogP contribution in [0.3, 0.4) is 0 Å². The van der Waals surface area contributed by atoms with Crippen LogP contribution in [0.2, 0.25) is 0 Å². The third kappa shape index (κ3) is 5.25. The van der Waals surface area contributed by atoms with E-state index in [1.165, 1.54) is 19.3 Å². The summed E-state index contributed by atoms with van der Waals surface area (Å²) < 4.78 is 54.3.